The molecule has 0 spiro atoms. The number of hydrogen-bond acceptors (Lipinski definition) is 2. The van der Waals surface area contributed by atoms with E-state index in [0.29, 0.717) is 22.7 Å². The Balaban J connectivity index is 0.00000261. The molecule has 1 aromatic carbocycles. The Morgan fingerprint density at radius 1 is 1.15 bits per heavy atom. The van der Waals surface area contributed by atoms with E-state index in [1.807, 2.05) is 0 Å². The molecule has 0 saturated carbocycles. The van der Waals surface area contributed by atoms with Crippen LogP contribution < -0.4 is 21.5 Å². The summed E-state index contributed by atoms with van der Waals surface area (Å²) in [5.41, 5.74) is 1.28. The van der Waals surface area contributed by atoms with Gasteiger partial charge in [0.2, 0.25) is 0 Å². The highest BCUT2D eigenvalue weighted by molar-refractivity contribution is 5.71. The van der Waals surface area contributed by atoms with Gasteiger partial charge in [0.1, 0.15) is 18.1 Å². The molecule has 0 atom stereocenters. The third kappa shape index (κ3) is 4.16. The van der Waals surface area contributed by atoms with Gasteiger partial charge in [0, 0.05) is 25.7 Å². The van der Waals surface area contributed by atoms with Gasteiger partial charge in [-0.1, -0.05) is 12.1 Å². The Bertz CT molecular complexity index is 984. The van der Waals surface area contributed by atoms with E-state index in [1.165, 1.54) is 15.4 Å². The fourth-order valence-electron chi connectivity index (χ4n) is 2.59. The molecule has 0 bridgehead atoms. The molecule has 2 aromatic heterocycles. The highest BCUT2D eigenvalue weighted by atomic mass is 35.5. The first kappa shape index (κ1) is 20.6. The van der Waals surface area contributed by atoms with E-state index in [-0.39, 0.29) is 12.4 Å². The average molecular weight is 400 g/mol. The minimum atomic E-state index is -4.41. The molecule has 0 N–H and O–H groups in total. The Morgan fingerprint density at radius 3 is 2.48 bits per heavy atom. The third-order valence-electron chi connectivity index (χ3n) is 3.95. The van der Waals surface area contributed by atoms with E-state index in [4.69, 9.17) is 4.74 Å². The summed E-state index contributed by atoms with van der Waals surface area (Å²) in [7, 11) is 4.91. The summed E-state index contributed by atoms with van der Waals surface area (Å²) in [6, 6.07) is 9.30. The van der Waals surface area contributed by atoms with Gasteiger partial charge in [-0.25, -0.2) is 13.8 Å². The van der Waals surface area contributed by atoms with Gasteiger partial charge in [-0.15, -0.1) is 0 Å². The van der Waals surface area contributed by atoms with E-state index in [2.05, 4.69) is 0 Å². The fraction of sp³-hybridized carbons (Fsp3) is 0.222. The zero-order valence-corrected chi connectivity index (χ0v) is 15.5. The third-order valence-corrected chi connectivity index (χ3v) is 3.95. The van der Waals surface area contributed by atoms with Crippen LogP contribution in [-0.2, 0) is 13.2 Å². The van der Waals surface area contributed by atoms with Crippen LogP contribution in [0.1, 0.15) is 5.56 Å². The van der Waals surface area contributed by atoms with E-state index in [9.17, 15) is 18.0 Å². The first-order valence-corrected chi connectivity index (χ1v) is 7.74. The molecule has 0 fully saturated rings. The summed E-state index contributed by atoms with van der Waals surface area (Å²) in [6.07, 6.45) is -2.26. The largest absolute Gasteiger partial charge is 1.00 e. The lowest BCUT2D eigenvalue weighted by molar-refractivity contribution is -0.512. The summed E-state index contributed by atoms with van der Waals surface area (Å²) in [5, 5.41) is 0. The number of carbonyl (C=O) groups is 1. The van der Waals surface area contributed by atoms with Crippen molar-refractivity contribution in [2.75, 3.05) is 14.1 Å². The molecular weight excluding hydrogens is 383 g/mol. The maximum absolute atomic E-state index is 12.9. The van der Waals surface area contributed by atoms with Crippen LogP contribution in [0.3, 0.4) is 0 Å². The quantitative estimate of drug-likeness (QED) is 0.589. The van der Waals surface area contributed by atoms with Gasteiger partial charge in [-0.3, -0.25) is 0 Å². The monoisotopic (exact) mass is 399 g/mol. The lowest BCUT2D eigenvalue weighted by atomic mass is 10.1. The fourth-order valence-corrected chi connectivity index (χ4v) is 2.59. The second-order valence-corrected chi connectivity index (χ2v) is 6.04. The molecule has 0 saturated heterocycles. The average Bonchev–Trinajstić information content (AvgIpc) is 2.90. The van der Waals surface area contributed by atoms with Crippen molar-refractivity contribution in [2.24, 2.45) is 7.05 Å². The van der Waals surface area contributed by atoms with Crippen LogP contribution >= 0.6 is 0 Å². The van der Waals surface area contributed by atoms with Crippen molar-refractivity contribution >= 4 is 11.7 Å². The summed E-state index contributed by atoms with van der Waals surface area (Å²) < 4.78 is 47.2. The van der Waals surface area contributed by atoms with Crippen molar-refractivity contribution in [3.63, 3.8) is 0 Å². The number of rotatable bonds is 2. The van der Waals surface area contributed by atoms with Crippen LogP contribution in [0.25, 0.3) is 16.9 Å². The number of nitrogens with zero attached hydrogens (tertiary/aromatic N) is 3. The van der Waals surface area contributed by atoms with E-state index < -0.39 is 17.8 Å². The summed E-state index contributed by atoms with van der Waals surface area (Å²) in [4.78, 5) is 13.0. The molecule has 1 amide bonds. The second kappa shape index (κ2) is 7.48. The Hall–Kier alpha value is -2.74. The predicted molar refractivity (Wildman–Crippen MR) is 88.7 cm³/mol. The van der Waals surface area contributed by atoms with E-state index in [1.54, 1.807) is 56.2 Å². The van der Waals surface area contributed by atoms with Crippen molar-refractivity contribution in [3.05, 3.63) is 54.4 Å². The summed E-state index contributed by atoms with van der Waals surface area (Å²) >= 11 is 0. The van der Waals surface area contributed by atoms with Crippen LogP contribution in [-0.4, -0.2) is 29.7 Å². The minimum Gasteiger partial charge on any atom is -1.00 e. The second-order valence-electron chi connectivity index (χ2n) is 6.04. The number of fused-ring (bicyclic) bond motifs is 1. The van der Waals surface area contributed by atoms with Gasteiger partial charge < -0.3 is 22.0 Å². The number of alkyl halides is 3. The Morgan fingerprint density at radius 2 is 1.85 bits per heavy atom. The number of hydrogen-bond donors (Lipinski definition) is 0. The topological polar surface area (TPSA) is 38.6 Å². The number of imidazole rings is 1. The molecule has 0 aliphatic heterocycles. The molecule has 5 nitrogen and oxygen atoms in total. The molecule has 144 valence electrons. The lowest BCUT2D eigenvalue weighted by Gasteiger charge is -2.10. The van der Waals surface area contributed by atoms with Gasteiger partial charge in [0.25, 0.3) is 5.65 Å². The number of carbonyl (C=O) groups excluding carboxylic acids is 1. The molecule has 3 aromatic rings. The van der Waals surface area contributed by atoms with Crippen LogP contribution in [0, 0.1) is 0 Å². The van der Waals surface area contributed by atoms with Crippen molar-refractivity contribution in [1.82, 2.24) is 9.47 Å². The maximum Gasteiger partial charge on any atom is 0.419 e. The van der Waals surface area contributed by atoms with Crippen LogP contribution in [0.4, 0.5) is 18.0 Å². The van der Waals surface area contributed by atoms with Crippen molar-refractivity contribution in [1.29, 1.82) is 0 Å². The van der Waals surface area contributed by atoms with Gasteiger partial charge in [-0.2, -0.15) is 13.2 Å². The number of aromatic nitrogens is 2. The number of halogens is 4. The molecule has 27 heavy (non-hydrogen) atoms. The molecule has 3 rings (SSSR count). The Labute approximate surface area is 160 Å². The smallest absolute Gasteiger partial charge is 0.419 e. The van der Waals surface area contributed by atoms with Crippen molar-refractivity contribution < 1.29 is 39.5 Å². The van der Waals surface area contributed by atoms with Crippen LogP contribution in [0.15, 0.2) is 48.8 Å². The molecule has 0 unspecified atom stereocenters. The van der Waals surface area contributed by atoms with Crippen molar-refractivity contribution in [3.8, 4) is 17.0 Å². The number of amides is 1. The van der Waals surface area contributed by atoms with Gasteiger partial charge in [0.15, 0.2) is 5.69 Å². The number of aryl methyl sites for hydroxylation is 1. The molecule has 0 radical (unpaired) electrons. The first-order chi connectivity index (χ1) is 12.2. The molecule has 2 heterocycles. The van der Waals surface area contributed by atoms with Crippen LogP contribution in [0.2, 0.25) is 0 Å². The SMILES string of the molecule is CN(C)C(=O)Oc1cccc(-c2c[n+]3cc(C(F)(F)F)ccc3n2C)c1.[Cl-]. The minimum absolute atomic E-state index is 0. The van der Waals surface area contributed by atoms with Gasteiger partial charge >= 0.3 is 12.3 Å². The normalized spacial score (nSPS) is 11.2. The zero-order chi connectivity index (χ0) is 19.1. The van der Waals surface area contributed by atoms with E-state index in [0.717, 1.165) is 12.3 Å². The molecule has 0 aliphatic carbocycles. The molecule has 0 aliphatic rings. The number of ether oxygens (including phenoxy) is 1. The van der Waals surface area contributed by atoms with Gasteiger partial charge in [0.05, 0.1) is 12.6 Å². The van der Waals surface area contributed by atoms with Crippen LogP contribution in [0.5, 0.6) is 5.75 Å². The standard InChI is InChI=1S/C18H17F3N3O2.ClH/c1-22(2)17(25)26-14-6-4-5-12(9-14)15-11-24-10-13(18(19,20)21)7-8-16(24)23(15)3;/h4-11H,1-3H3;1H/q+1;/p-1. The molecule has 9 heteroatoms. The van der Waals surface area contributed by atoms with Crippen molar-refractivity contribution in [2.45, 2.75) is 6.18 Å². The summed E-state index contributed by atoms with van der Waals surface area (Å²) in [5.74, 6) is 0.354. The lowest BCUT2D eigenvalue weighted by Crippen LogP contribution is -3.00. The number of pyridine rings is 1. The first-order valence-electron chi connectivity index (χ1n) is 7.74. The number of benzene rings is 1. The van der Waals surface area contributed by atoms with E-state index >= 15 is 0 Å². The molecular formula is C18H17ClF3N3O2. The van der Waals surface area contributed by atoms with Gasteiger partial charge in [-0.05, 0) is 18.2 Å². The predicted octanol–water partition coefficient (Wildman–Crippen LogP) is 0.514. The Kier molecular flexibility index (Phi) is 5.70. The highest BCUT2D eigenvalue weighted by Crippen LogP contribution is 2.29. The maximum atomic E-state index is 12.9. The summed E-state index contributed by atoms with van der Waals surface area (Å²) in [6.45, 7) is 0. The highest BCUT2D eigenvalue weighted by Gasteiger charge is 2.32. The zero-order valence-electron chi connectivity index (χ0n) is 14.8.